The average Bonchev–Trinajstić information content (AvgIpc) is 3.12. The van der Waals surface area contributed by atoms with E-state index in [4.69, 9.17) is 11.3 Å². The molecule has 3 fully saturated rings. The minimum Gasteiger partial charge on any atom is -0.461 e. The van der Waals surface area contributed by atoms with Gasteiger partial charge in [0.05, 0.1) is 20.7 Å². The number of benzene rings is 1. The number of nitriles is 1. The van der Waals surface area contributed by atoms with E-state index in [1.54, 1.807) is 5.56 Å². The van der Waals surface area contributed by atoms with Crippen molar-refractivity contribution < 1.29 is 4.74 Å². The summed E-state index contributed by atoms with van der Waals surface area (Å²) in [5, 5.41) is 9.95. The van der Waals surface area contributed by atoms with Gasteiger partial charge in [0.2, 0.25) is 0 Å². The van der Waals surface area contributed by atoms with Crippen molar-refractivity contribution in [3.05, 3.63) is 81.3 Å². The van der Waals surface area contributed by atoms with E-state index in [-0.39, 0.29) is 16.5 Å². The summed E-state index contributed by atoms with van der Waals surface area (Å²) >= 11 is 0. The molecule has 52 heavy (non-hydrogen) atoms. The zero-order valence-electron chi connectivity index (χ0n) is 34.1. The van der Waals surface area contributed by atoms with Crippen LogP contribution in [0.4, 0.5) is 5.69 Å². The molecule has 2 bridgehead atoms. The Morgan fingerprint density at radius 2 is 1.63 bits per heavy atom. The number of hydrogen-bond acceptors (Lipinski definition) is 3. The fraction of sp³-hybridized carbons (Fsp3) is 0.660. The summed E-state index contributed by atoms with van der Waals surface area (Å²) in [4.78, 5) is 6.35. The van der Waals surface area contributed by atoms with Crippen LogP contribution in [0.15, 0.2) is 53.1 Å². The van der Waals surface area contributed by atoms with Crippen LogP contribution in [0.3, 0.4) is 0 Å². The van der Waals surface area contributed by atoms with Crippen LogP contribution in [-0.2, 0) is 10.2 Å². The topological polar surface area (TPSA) is 40.6 Å². The normalized spacial score (nSPS) is 27.7. The molecule has 4 nitrogen and oxygen atoms in total. The summed E-state index contributed by atoms with van der Waals surface area (Å²) in [7, 11) is -1.61. The second-order valence-electron chi connectivity index (χ2n) is 19.1. The molecule has 1 unspecified atom stereocenters. The molecule has 7 rings (SSSR count). The van der Waals surface area contributed by atoms with Crippen molar-refractivity contribution in [3.8, 4) is 6.07 Å². The summed E-state index contributed by atoms with van der Waals surface area (Å²) in [6.07, 6.45) is 23.3. The first-order valence-electron chi connectivity index (χ1n) is 21.0. The predicted octanol–water partition coefficient (Wildman–Crippen LogP) is 13.8. The number of ether oxygens (including phenoxy) is 1. The van der Waals surface area contributed by atoms with Crippen LogP contribution in [0.1, 0.15) is 162 Å². The van der Waals surface area contributed by atoms with Gasteiger partial charge in [0.25, 0.3) is 5.70 Å². The van der Waals surface area contributed by atoms with Gasteiger partial charge in [-0.15, -0.1) is 0 Å². The summed E-state index contributed by atoms with van der Waals surface area (Å²) in [6.45, 7) is 32.4. The number of anilines is 1. The lowest BCUT2D eigenvalue weighted by atomic mass is 9.52. The van der Waals surface area contributed by atoms with E-state index in [0.717, 1.165) is 53.9 Å². The Kier molecular flexibility index (Phi) is 11.2. The first kappa shape index (κ1) is 38.7. The van der Waals surface area contributed by atoms with E-state index in [9.17, 15) is 5.26 Å². The van der Waals surface area contributed by atoms with Crippen molar-refractivity contribution in [1.82, 2.24) is 0 Å². The summed E-state index contributed by atoms with van der Waals surface area (Å²) < 4.78 is 6.86. The molecular weight excluding hydrogens is 651 g/mol. The standard InChI is InChI=1S/C47H67N3OSi/c1-11-12-13-17-46-18-21-47(22-19-46,23-20-46)43-30-38(42(31-48)49-10)29-39(51-43)15-14-36-27-40-37(32-52(33(2)3,34(4)5)35(6)7)16-25-50-26-24-45(8,9)41(28-36)44(40)50/h14-15,27-30,33-35,37H,11-13,16-26,32H2,1-9H3/b15-14+,42-38+. The van der Waals surface area contributed by atoms with Gasteiger partial charge in [0.1, 0.15) is 11.5 Å². The van der Waals surface area contributed by atoms with Crippen LogP contribution in [0, 0.1) is 28.7 Å². The molecule has 3 heterocycles. The van der Waals surface area contributed by atoms with Gasteiger partial charge in [-0.25, -0.2) is 10.1 Å². The monoisotopic (exact) mass is 718 g/mol. The Morgan fingerprint density at radius 3 is 2.23 bits per heavy atom. The highest BCUT2D eigenvalue weighted by molar-refractivity contribution is 6.83. The molecule has 0 radical (unpaired) electrons. The fourth-order valence-corrected chi connectivity index (χ4v) is 18.4. The molecular formula is C47H67N3OSi. The molecule has 0 N–H and O–H groups in total. The van der Waals surface area contributed by atoms with Gasteiger partial charge in [-0.05, 0) is 133 Å². The Labute approximate surface area is 318 Å². The molecule has 1 aromatic rings. The number of fused-ring (bicyclic) bond motifs is 3. The van der Waals surface area contributed by atoms with Crippen LogP contribution in [0.5, 0.6) is 0 Å². The molecule has 0 spiro atoms. The van der Waals surface area contributed by atoms with Gasteiger partial charge >= 0.3 is 0 Å². The Morgan fingerprint density at radius 1 is 0.962 bits per heavy atom. The van der Waals surface area contributed by atoms with Crippen LogP contribution in [0.25, 0.3) is 10.9 Å². The van der Waals surface area contributed by atoms with Crippen LogP contribution < -0.4 is 4.90 Å². The third-order valence-electron chi connectivity index (χ3n) is 15.2. The first-order chi connectivity index (χ1) is 24.7. The van der Waals surface area contributed by atoms with Gasteiger partial charge in [-0.2, -0.15) is 0 Å². The van der Waals surface area contributed by atoms with Crippen molar-refractivity contribution in [3.63, 3.8) is 0 Å². The second-order valence-corrected chi connectivity index (χ2v) is 25.2. The maximum atomic E-state index is 9.95. The van der Waals surface area contributed by atoms with E-state index < -0.39 is 8.07 Å². The van der Waals surface area contributed by atoms with Gasteiger partial charge < -0.3 is 9.64 Å². The molecule has 5 heteroatoms. The van der Waals surface area contributed by atoms with E-state index in [2.05, 4.69) is 102 Å². The molecule has 1 atom stereocenters. The Bertz CT molecular complexity index is 1660. The van der Waals surface area contributed by atoms with Crippen molar-refractivity contribution in [2.45, 2.75) is 173 Å². The summed E-state index contributed by atoms with van der Waals surface area (Å²) in [5.41, 5.74) is 9.57. The quantitative estimate of drug-likeness (QED) is 0.0935. The first-order valence-corrected chi connectivity index (χ1v) is 23.4. The molecule has 0 saturated heterocycles. The van der Waals surface area contributed by atoms with Crippen molar-refractivity contribution in [2.75, 3.05) is 18.0 Å². The SMILES string of the molecule is [C-]#[N+]/C(C#N)=C1C=C(/C=C/c2cc3c4c(c2)C(C)(C)CCN4CCC3C[Si](C(C)C)(C(C)C)C(C)C)OC(C23CCC(CCCCC)(CC2)CC3)=C\1. The zero-order valence-corrected chi connectivity index (χ0v) is 35.1. The Hall–Kier alpha value is -3.02. The highest BCUT2D eigenvalue weighted by Gasteiger charge is 2.51. The van der Waals surface area contributed by atoms with Gasteiger partial charge in [-0.1, -0.05) is 104 Å². The maximum absolute atomic E-state index is 9.95. The van der Waals surface area contributed by atoms with E-state index in [1.807, 2.05) is 12.2 Å². The minimum atomic E-state index is -1.61. The molecule has 0 aromatic heterocycles. The highest BCUT2D eigenvalue weighted by atomic mass is 28.3. The number of rotatable bonds is 12. The van der Waals surface area contributed by atoms with Crippen LogP contribution in [-0.4, -0.2) is 21.2 Å². The van der Waals surface area contributed by atoms with Crippen molar-refractivity contribution >= 4 is 19.8 Å². The third kappa shape index (κ3) is 7.02. The molecule has 3 aliphatic heterocycles. The highest BCUT2D eigenvalue weighted by Crippen LogP contribution is 2.62. The number of hydrogen-bond donors (Lipinski definition) is 0. The lowest BCUT2D eigenvalue weighted by Crippen LogP contribution is -2.47. The lowest BCUT2D eigenvalue weighted by Gasteiger charge is -2.54. The van der Waals surface area contributed by atoms with E-state index >= 15 is 0 Å². The zero-order chi connectivity index (χ0) is 37.5. The number of nitrogens with zero attached hydrogens (tertiary/aromatic N) is 3. The third-order valence-corrected chi connectivity index (χ3v) is 22.9. The van der Waals surface area contributed by atoms with Gasteiger partial charge in [0, 0.05) is 24.2 Å². The fourth-order valence-electron chi connectivity index (χ4n) is 11.7. The largest absolute Gasteiger partial charge is 0.461 e. The Balaban J connectivity index is 1.34. The average molecular weight is 718 g/mol. The summed E-state index contributed by atoms with van der Waals surface area (Å²) in [6, 6.07) is 8.52. The second kappa shape index (κ2) is 15.0. The van der Waals surface area contributed by atoms with Gasteiger partial charge in [0.15, 0.2) is 0 Å². The molecule has 1 aromatic carbocycles. The van der Waals surface area contributed by atoms with E-state index in [1.165, 1.54) is 87.2 Å². The summed E-state index contributed by atoms with van der Waals surface area (Å²) in [5.74, 6) is 2.32. The number of unbranched alkanes of at least 4 members (excludes halogenated alkanes) is 2. The molecule has 280 valence electrons. The lowest BCUT2D eigenvalue weighted by molar-refractivity contribution is -0.0195. The smallest absolute Gasteiger partial charge is 0.269 e. The minimum absolute atomic E-state index is 0.00399. The predicted molar refractivity (Wildman–Crippen MR) is 222 cm³/mol. The molecule has 0 amide bonds. The van der Waals surface area contributed by atoms with Crippen LogP contribution >= 0.6 is 0 Å². The molecule has 3 saturated carbocycles. The van der Waals surface area contributed by atoms with Crippen molar-refractivity contribution in [2.24, 2.45) is 10.8 Å². The van der Waals surface area contributed by atoms with Gasteiger partial charge in [-0.3, -0.25) is 0 Å². The van der Waals surface area contributed by atoms with Crippen LogP contribution in [0.2, 0.25) is 22.7 Å². The molecule has 6 aliphatic rings. The maximum Gasteiger partial charge on any atom is 0.269 e. The number of allylic oxidation sites excluding steroid dienone is 6. The van der Waals surface area contributed by atoms with E-state index in [0.29, 0.717) is 16.9 Å². The molecule has 3 aliphatic carbocycles. The van der Waals surface area contributed by atoms with Crippen molar-refractivity contribution in [1.29, 1.82) is 5.26 Å².